The van der Waals surface area contributed by atoms with Gasteiger partial charge in [-0.1, -0.05) is 0 Å². The number of aliphatic carboxylic acids is 1. The summed E-state index contributed by atoms with van der Waals surface area (Å²) in [4.78, 5) is 26.5. The molecule has 0 bridgehead atoms. The van der Waals surface area contributed by atoms with E-state index in [9.17, 15) is 9.59 Å². The van der Waals surface area contributed by atoms with Gasteiger partial charge in [0.25, 0.3) is 0 Å². The maximum Gasteiger partial charge on any atom is 0.304 e. The van der Waals surface area contributed by atoms with Crippen LogP contribution in [0.5, 0.6) is 0 Å². The van der Waals surface area contributed by atoms with E-state index in [4.69, 9.17) is 5.11 Å². The van der Waals surface area contributed by atoms with Gasteiger partial charge in [0.1, 0.15) is 0 Å². The van der Waals surface area contributed by atoms with Crippen molar-refractivity contribution in [3.8, 4) is 0 Å². The molecule has 17 heavy (non-hydrogen) atoms. The van der Waals surface area contributed by atoms with E-state index in [1.54, 1.807) is 0 Å². The zero-order valence-corrected chi connectivity index (χ0v) is 10.1. The second-order valence-electron chi connectivity index (χ2n) is 4.94. The minimum absolute atomic E-state index is 0.191. The average Bonchev–Trinajstić information content (AvgIpc) is 3.12. The van der Waals surface area contributed by atoms with Crippen LogP contribution in [-0.4, -0.2) is 59.5 Å². The predicted octanol–water partition coefficient (Wildman–Crippen LogP) is 0.405. The van der Waals surface area contributed by atoms with Crippen LogP contribution in [0.4, 0.5) is 0 Å². The van der Waals surface area contributed by atoms with Gasteiger partial charge in [0.15, 0.2) is 0 Å². The van der Waals surface area contributed by atoms with Crippen LogP contribution >= 0.6 is 0 Å². The lowest BCUT2D eigenvalue weighted by atomic mass is 10.3. The molecule has 0 aromatic carbocycles. The lowest BCUT2D eigenvalue weighted by Crippen LogP contribution is -2.36. The Kier molecular flexibility index (Phi) is 3.99. The number of nitrogens with zero attached hydrogens (tertiary/aromatic N) is 2. The van der Waals surface area contributed by atoms with Crippen molar-refractivity contribution in [2.45, 2.75) is 25.7 Å². The zero-order chi connectivity index (χ0) is 12.3. The van der Waals surface area contributed by atoms with Crippen molar-refractivity contribution in [3.63, 3.8) is 0 Å². The molecule has 1 aliphatic carbocycles. The summed E-state index contributed by atoms with van der Waals surface area (Å²) < 4.78 is 0. The van der Waals surface area contributed by atoms with Crippen molar-refractivity contribution in [1.82, 2.24) is 9.80 Å². The molecule has 5 nitrogen and oxygen atoms in total. The van der Waals surface area contributed by atoms with E-state index >= 15 is 0 Å². The Morgan fingerprint density at radius 3 is 2.53 bits per heavy atom. The van der Waals surface area contributed by atoms with Crippen LogP contribution in [0.25, 0.3) is 0 Å². The SMILES string of the molecule is O=C(O)CCN1CCCN(C(=O)C2CC2)CC1. The highest BCUT2D eigenvalue weighted by Crippen LogP contribution is 2.31. The fourth-order valence-corrected chi connectivity index (χ4v) is 2.26. The Hall–Kier alpha value is -1.10. The quantitative estimate of drug-likeness (QED) is 0.773. The van der Waals surface area contributed by atoms with E-state index in [2.05, 4.69) is 4.90 Å². The molecule has 1 amide bonds. The molecule has 96 valence electrons. The number of hydrogen-bond donors (Lipinski definition) is 1. The molecule has 2 aliphatic rings. The summed E-state index contributed by atoms with van der Waals surface area (Å²) >= 11 is 0. The molecule has 1 aliphatic heterocycles. The van der Waals surface area contributed by atoms with Crippen LogP contribution in [0.15, 0.2) is 0 Å². The summed E-state index contributed by atoms with van der Waals surface area (Å²) in [6, 6.07) is 0. The molecule has 0 unspecified atom stereocenters. The molecule has 1 heterocycles. The molecular weight excluding hydrogens is 220 g/mol. The average molecular weight is 240 g/mol. The summed E-state index contributed by atoms with van der Waals surface area (Å²) in [5.41, 5.74) is 0. The first kappa shape index (κ1) is 12.4. The first-order chi connectivity index (χ1) is 8.16. The largest absolute Gasteiger partial charge is 0.481 e. The van der Waals surface area contributed by atoms with E-state index in [0.29, 0.717) is 18.4 Å². The predicted molar refractivity (Wildman–Crippen MR) is 62.6 cm³/mol. The third-order valence-corrected chi connectivity index (χ3v) is 3.47. The van der Waals surface area contributed by atoms with Gasteiger partial charge in [0.05, 0.1) is 6.42 Å². The summed E-state index contributed by atoms with van der Waals surface area (Å²) in [6.45, 7) is 3.90. The van der Waals surface area contributed by atoms with Gasteiger partial charge in [-0.05, 0) is 25.8 Å². The van der Waals surface area contributed by atoms with E-state index in [-0.39, 0.29) is 6.42 Å². The molecule has 2 rings (SSSR count). The fourth-order valence-electron chi connectivity index (χ4n) is 2.26. The molecule has 0 atom stereocenters. The fraction of sp³-hybridized carbons (Fsp3) is 0.833. The van der Waals surface area contributed by atoms with Gasteiger partial charge >= 0.3 is 5.97 Å². The van der Waals surface area contributed by atoms with E-state index in [0.717, 1.165) is 45.4 Å². The minimum atomic E-state index is -0.750. The Balaban J connectivity index is 1.76. The standard InChI is InChI=1S/C12H20N2O3/c15-11(16)4-7-13-5-1-6-14(9-8-13)12(17)10-2-3-10/h10H,1-9H2,(H,15,16). The third kappa shape index (κ3) is 3.70. The molecule has 0 radical (unpaired) electrons. The number of carboxylic acid groups (broad SMARTS) is 1. The van der Waals surface area contributed by atoms with Crippen molar-refractivity contribution in [1.29, 1.82) is 0 Å². The Bertz CT molecular complexity index is 302. The van der Waals surface area contributed by atoms with Crippen LogP contribution in [0.2, 0.25) is 0 Å². The lowest BCUT2D eigenvalue weighted by Gasteiger charge is -2.21. The highest BCUT2D eigenvalue weighted by molar-refractivity contribution is 5.81. The molecule has 0 aromatic rings. The van der Waals surface area contributed by atoms with Gasteiger partial charge in [0.2, 0.25) is 5.91 Å². The van der Waals surface area contributed by atoms with Crippen LogP contribution in [0.1, 0.15) is 25.7 Å². The van der Waals surface area contributed by atoms with Crippen LogP contribution in [0, 0.1) is 5.92 Å². The Morgan fingerprint density at radius 2 is 1.88 bits per heavy atom. The van der Waals surface area contributed by atoms with E-state index in [1.807, 2.05) is 4.90 Å². The smallest absolute Gasteiger partial charge is 0.304 e. The molecule has 1 N–H and O–H groups in total. The molecule has 1 saturated carbocycles. The highest BCUT2D eigenvalue weighted by atomic mass is 16.4. The number of amides is 1. The normalized spacial score (nSPS) is 22.2. The first-order valence-corrected chi connectivity index (χ1v) is 6.40. The molecular formula is C12H20N2O3. The first-order valence-electron chi connectivity index (χ1n) is 6.40. The summed E-state index contributed by atoms with van der Waals surface area (Å²) in [7, 11) is 0. The van der Waals surface area contributed by atoms with E-state index < -0.39 is 5.97 Å². The highest BCUT2D eigenvalue weighted by Gasteiger charge is 2.33. The zero-order valence-electron chi connectivity index (χ0n) is 10.1. The Morgan fingerprint density at radius 1 is 1.12 bits per heavy atom. The van der Waals surface area contributed by atoms with Gasteiger partial charge in [-0.3, -0.25) is 9.59 Å². The maximum atomic E-state index is 11.9. The molecule has 1 saturated heterocycles. The molecule has 5 heteroatoms. The number of rotatable bonds is 4. The second-order valence-corrected chi connectivity index (χ2v) is 4.94. The minimum Gasteiger partial charge on any atom is -0.481 e. The van der Waals surface area contributed by atoms with Gasteiger partial charge in [0, 0.05) is 32.1 Å². The van der Waals surface area contributed by atoms with Gasteiger partial charge < -0.3 is 14.9 Å². The number of carbonyl (C=O) groups is 2. The van der Waals surface area contributed by atoms with Crippen LogP contribution < -0.4 is 0 Å². The molecule has 2 fully saturated rings. The van der Waals surface area contributed by atoms with Crippen molar-refractivity contribution >= 4 is 11.9 Å². The van der Waals surface area contributed by atoms with Crippen LogP contribution in [0.3, 0.4) is 0 Å². The number of hydrogen-bond acceptors (Lipinski definition) is 3. The van der Waals surface area contributed by atoms with Crippen molar-refractivity contribution in [2.24, 2.45) is 5.92 Å². The Labute approximate surface area is 101 Å². The van der Waals surface area contributed by atoms with Crippen LogP contribution in [-0.2, 0) is 9.59 Å². The topological polar surface area (TPSA) is 60.9 Å². The number of carboxylic acids is 1. The van der Waals surface area contributed by atoms with Gasteiger partial charge in [-0.2, -0.15) is 0 Å². The summed E-state index contributed by atoms with van der Waals surface area (Å²) in [6.07, 6.45) is 3.25. The van der Waals surface area contributed by atoms with Crippen molar-refractivity contribution in [2.75, 3.05) is 32.7 Å². The third-order valence-electron chi connectivity index (χ3n) is 3.47. The lowest BCUT2D eigenvalue weighted by molar-refractivity contribution is -0.137. The van der Waals surface area contributed by atoms with E-state index in [1.165, 1.54) is 0 Å². The summed E-state index contributed by atoms with van der Waals surface area (Å²) in [5.74, 6) is -0.147. The summed E-state index contributed by atoms with van der Waals surface area (Å²) in [5, 5.41) is 8.64. The van der Waals surface area contributed by atoms with Gasteiger partial charge in [-0.25, -0.2) is 0 Å². The van der Waals surface area contributed by atoms with Gasteiger partial charge in [-0.15, -0.1) is 0 Å². The monoisotopic (exact) mass is 240 g/mol. The van der Waals surface area contributed by atoms with Crippen molar-refractivity contribution in [3.05, 3.63) is 0 Å². The maximum absolute atomic E-state index is 11.9. The molecule has 0 spiro atoms. The van der Waals surface area contributed by atoms with Crippen molar-refractivity contribution < 1.29 is 14.7 Å². The number of carbonyl (C=O) groups excluding carboxylic acids is 1. The molecule has 0 aromatic heterocycles. The second kappa shape index (κ2) is 5.49.